The van der Waals surface area contributed by atoms with Crippen LogP contribution in [0.3, 0.4) is 0 Å². The molecule has 1 aliphatic heterocycles. The Labute approximate surface area is 110 Å². The largest absolute Gasteiger partial charge is 0.493 e. The number of hydrogen-bond donors (Lipinski definition) is 2. The molecule has 2 atom stereocenters. The van der Waals surface area contributed by atoms with E-state index in [0.717, 1.165) is 25.2 Å². The molecule has 3 heteroatoms. The van der Waals surface area contributed by atoms with Crippen molar-refractivity contribution in [2.75, 3.05) is 6.61 Å². The highest BCUT2D eigenvalue weighted by Crippen LogP contribution is 2.37. The minimum atomic E-state index is 0.285. The zero-order chi connectivity index (χ0) is 13.2. The van der Waals surface area contributed by atoms with Crippen LogP contribution in [-0.2, 0) is 0 Å². The number of ether oxygens (including phenoxy) is 1. The summed E-state index contributed by atoms with van der Waals surface area (Å²) in [5, 5.41) is 0. The zero-order valence-electron chi connectivity index (χ0n) is 11.6. The van der Waals surface area contributed by atoms with E-state index in [4.69, 9.17) is 10.6 Å². The van der Waals surface area contributed by atoms with Crippen LogP contribution in [0.15, 0.2) is 24.3 Å². The summed E-state index contributed by atoms with van der Waals surface area (Å²) in [6, 6.07) is 8.55. The molecule has 0 bridgehead atoms. The zero-order valence-corrected chi connectivity index (χ0v) is 11.6. The van der Waals surface area contributed by atoms with Crippen LogP contribution in [-0.4, -0.2) is 12.6 Å². The molecule has 0 saturated heterocycles. The molecule has 1 heterocycles. The standard InChI is InChI=1S/C15H24N2O/c1-15(2,3)9-8-13(17-16)12-10-18-14-7-5-4-6-11(12)14/h4-7,12-13,17H,8-10,16H2,1-3H3. The van der Waals surface area contributed by atoms with Crippen molar-refractivity contribution >= 4 is 0 Å². The first-order valence-corrected chi connectivity index (χ1v) is 6.69. The molecule has 18 heavy (non-hydrogen) atoms. The predicted octanol–water partition coefficient (Wildman–Crippen LogP) is 2.82. The van der Waals surface area contributed by atoms with Crippen molar-refractivity contribution in [1.82, 2.24) is 5.43 Å². The number of nitrogens with two attached hydrogens (primary N) is 1. The maximum Gasteiger partial charge on any atom is 0.122 e. The van der Waals surface area contributed by atoms with Gasteiger partial charge in [-0.25, -0.2) is 0 Å². The number of para-hydroxylation sites is 1. The lowest BCUT2D eigenvalue weighted by atomic mass is 9.84. The number of rotatable bonds is 4. The van der Waals surface area contributed by atoms with Gasteiger partial charge < -0.3 is 4.74 Å². The molecule has 0 aliphatic carbocycles. The molecular weight excluding hydrogens is 224 g/mol. The molecule has 1 aromatic carbocycles. The molecule has 0 radical (unpaired) electrons. The van der Waals surface area contributed by atoms with E-state index in [-0.39, 0.29) is 6.04 Å². The van der Waals surface area contributed by atoms with Gasteiger partial charge in [0.1, 0.15) is 5.75 Å². The maximum absolute atomic E-state index is 5.73. The lowest BCUT2D eigenvalue weighted by Crippen LogP contribution is -2.41. The fraction of sp³-hybridized carbons (Fsp3) is 0.600. The number of nitrogens with one attached hydrogen (secondary N) is 1. The molecule has 0 aromatic heterocycles. The van der Waals surface area contributed by atoms with E-state index >= 15 is 0 Å². The Balaban J connectivity index is 2.06. The van der Waals surface area contributed by atoms with E-state index in [1.54, 1.807) is 0 Å². The van der Waals surface area contributed by atoms with Gasteiger partial charge in [-0.15, -0.1) is 0 Å². The predicted molar refractivity (Wildman–Crippen MR) is 74.5 cm³/mol. The summed E-state index contributed by atoms with van der Waals surface area (Å²) in [6.45, 7) is 7.53. The van der Waals surface area contributed by atoms with Crippen molar-refractivity contribution in [1.29, 1.82) is 0 Å². The quantitative estimate of drug-likeness (QED) is 0.636. The number of hydrazine groups is 1. The number of hydrogen-bond acceptors (Lipinski definition) is 3. The minimum absolute atomic E-state index is 0.285. The molecule has 0 amide bonds. The molecule has 0 saturated carbocycles. The van der Waals surface area contributed by atoms with Gasteiger partial charge in [0.2, 0.25) is 0 Å². The first-order valence-electron chi connectivity index (χ1n) is 6.69. The highest BCUT2D eigenvalue weighted by molar-refractivity contribution is 5.40. The Hall–Kier alpha value is -1.06. The van der Waals surface area contributed by atoms with Crippen molar-refractivity contribution in [2.45, 2.75) is 45.6 Å². The molecule has 2 unspecified atom stereocenters. The second kappa shape index (κ2) is 5.29. The molecule has 3 nitrogen and oxygen atoms in total. The van der Waals surface area contributed by atoms with E-state index in [1.807, 2.05) is 12.1 Å². The van der Waals surface area contributed by atoms with E-state index < -0.39 is 0 Å². The minimum Gasteiger partial charge on any atom is -0.493 e. The highest BCUT2D eigenvalue weighted by atomic mass is 16.5. The summed E-state index contributed by atoms with van der Waals surface area (Å²) in [5.41, 5.74) is 4.61. The Kier molecular flexibility index (Phi) is 3.93. The van der Waals surface area contributed by atoms with Crippen LogP contribution in [0.25, 0.3) is 0 Å². The first kappa shape index (κ1) is 13.4. The van der Waals surface area contributed by atoms with Gasteiger partial charge in [0.25, 0.3) is 0 Å². The average Bonchev–Trinajstić information content (AvgIpc) is 2.73. The Morgan fingerprint density at radius 2 is 2.11 bits per heavy atom. The molecule has 3 N–H and O–H groups in total. The van der Waals surface area contributed by atoms with Gasteiger partial charge in [0.15, 0.2) is 0 Å². The van der Waals surface area contributed by atoms with E-state index in [1.165, 1.54) is 5.56 Å². The topological polar surface area (TPSA) is 47.3 Å². The van der Waals surface area contributed by atoms with Gasteiger partial charge in [-0.05, 0) is 24.3 Å². The van der Waals surface area contributed by atoms with Gasteiger partial charge in [-0.1, -0.05) is 39.0 Å². The third-order valence-corrected chi connectivity index (χ3v) is 3.64. The summed E-state index contributed by atoms with van der Waals surface area (Å²) >= 11 is 0. The van der Waals surface area contributed by atoms with Crippen LogP contribution in [0, 0.1) is 5.41 Å². The van der Waals surface area contributed by atoms with Gasteiger partial charge in [-0.3, -0.25) is 11.3 Å². The second-order valence-electron chi connectivity index (χ2n) is 6.33. The van der Waals surface area contributed by atoms with Gasteiger partial charge in [0, 0.05) is 17.5 Å². The molecule has 0 fully saturated rings. The van der Waals surface area contributed by atoms with Gasteiger partial charge >= 0.3 is 0 Å². The van der Waals surface area contributed by atoms with Crippen LogP contribution in [0.1, 0.15) is 45.1 Å². The van der Waals surface area contributed by atoms with Crippen molar-refractivity contribution in [3.8, 4) is 5.75 Å². The van der Waals surface area contributed by atoms with E-state index in [0.29, 0.717) is 11.3 Å². The van der Waals surface area contributed by atoms with Crippen LogP contribution >= 0.6 is 0 Å². The molecule has 1 aliphatic rings. The molecule has 2 rings (SSSR count). The molecule has 1 aromatic rings. The Morgan fingerprint density at radius 3 is 2.78 bits per heavy atom. The summed E-state index contributed by atoms with van der Waals surface area (Å²) in [6.07, 6.45) is 2.23. The second-order valence-corrected chi connectivity index (χ2v) is 6.33. The van der Waals surface area contributed by atoms with Crippen LogP contribution in [0.2, 0.25) is 0 Å². The number of fused-ring (bicyclic) bond motifs is 1. The number of benzene rings is 1. The van der Waals surface area contributed by atoms with Crippen molar-refractivity contribution in [3.05, 3.63) is 29.8 Å². The summed E-state index contributed by atoms with van der Waals surface area (Å²) in [4.78, 5) is 0. The maximum atomic E-state index is 5.73. The van der Waals surface area contributed by atoms with E-state index in [9.17, 15) is 0 Å². The van der Waals surface area contributed by atoms with Gasteiger partial charge in [-0.2, -0.15) is 0 Å². The summed E-state index contributed by atoms with van der Waals surface area (Å²) in [7, 11) is 0. The third-order valence-electron chi connectivity index (χ3n) is 3.64. The molecule has 100 valence electrons. The fourth-order valence-electron chi connectivity index (χ4n) is 2.51. The Morgan fingerprint density at radius 1 is 1.39 bits per heavy atom. The Bertz CT molecular complexity index is 398. The SMILES string of the molecule is CC(C)(C)CCC(NN)C1COc2ccccc21. The highest BCUT2D eigenvalue weighted by Gasteiger charge is 2.31. The molecule has 0 spiro atoms. The lowest BCUT2D eigenvalue weighted by Gasteiger charge is -2.26. The van der Waals surface area contributed by atoms with Crippen LogP contribution in [0.5, 0.6) is 5.75 Å². The monoisotopic (exact) mass is 248 g/mol. The molecular formula is C15H24N2O. The smallest absolute Gasteiger partial charge is 0.122 e. The van der Waals surface area contributed by atoms with Crippen molar-refractivity contribution < 1.29 is 4.74 Å². The summed E-state index contributed by atoms with van der Waals surface area (Å²) < 4.78 is 5.73. The lowest BCUT2D eigenvalue weighted by molar-refractivity contribution is 0.268. The average molecular weight is 248 g/mol. The van der Waals surface area contributed by atoms with Crippen molar-refractivity contribution in [2.24, 2.45) is 11.3 Å². The van der Waals surface area contributed by atoms with Crippen LogP contribution in [0.4, 0.5) is 0 Å². The van der Waals surface area contributed by atoms with Crippen LogP contribution < -0.4 is 16.0 Å². The van der Waals surface area contributed by atoms with E-state index in [2.05, 4.69) is 38.3 Å². The fourth-order valence-corrected chi connectivity index (χ4v) is 2.51. The third kappa shape index (κ3) is 3.03. The normalized spacial score (nSPS) is 20.3. The van der Waals surface area contributed by atoms with Gasteiger partial charge in [0.05, 0.1) is 6.61 Å². The van der Waals surface area contributed by atoms with Crippen molar-refractivity contribution in [3.63, 3.8) is 0 Å². The summed E-state index contributed by atoms with van der Waals surface area (Å²) in [5.74, 6) is 7.12. The first-order chi connectivity index (χ1) is 8.51.